The molecule has 0 aromatic heterocycles. The minimum Gasteiger partial charge on any atom is -0.368 e. The lowest BCUT2D eigenvalue weighted by Crippen LogP contribution is -1.59. The van der Waals surface area contributed by atoms with Gasteiger partial charge in [0, 0.05) is 0 Å². The van der Waals surface area contributed by atoms with Gasteiger partial charge < -0.3 is 4.74 Å². The maximum absolute atomic E-state index is 4.89. The van der Waals surface area contributed by atoms with Crippen molar-refractivity contribution in [2.24, 2.45) is 0 Å². The van der Waals surface area contributed by atoms with Crippen molar-refractivity contribution in [2.75, 3.05) is 6.61 Å². The standard InChI is InChI=1S/C4H7OP/c1-2-6-4-3-5-4/h2,4,6H,1,3H2. The summed E-state index contributed by atoms with van der Waals surface area (Å²) in [6.07, 6.45) is 0. The summed E-state index contributed by atoms with van der Waals surface area (Å²) in [6.45, 7) is 4.54. The Kier molecular flexibility index (Phi) is 1.23. The summed E-state index contributed by atoms with van der Waals surface area (Å²) in [5.41, 5.74) is 0. The normalized spacial score (nSPS) is 31.7. The van der Waals surface area contributed by atoms with Crippen LogP contribution in [-0.2, 0) is 4.74 Å². The predicted octanol–water partition coefficient (Wildman–Crippen LogP) is 1.16. The van der Waals surface area contributed by atoms with Gasteiger partial charge in [-0.25, -0.2) is 0 Å². The fraction of sp³-hybridized carbons (Fsp3) is 0.500. The molecule has 1 aliphatic rings. The molecule has 34 valence electrons. The second kappa shape index (κ2) is 1.72. The molecule has 0 bridgehead atoms. The lowest BCUT2D eigenvalue weighted by atomic mass is 11.0. The van der Waals surface area contributed by atoms with E-state index >= 15 is 0 Å². The van der Waals surface area contributed by atoms with E-state index in [-0.39, 0.29) is 0 Å². The fourth-order valence-corrected chi connectivity index (χ4v) is 0.827. The summed E-state index contributed by atoms with van der Waals surface area (Å²) in [6, 6.07) is 0. The molecule has 1 fully saturated rings. The SMILES string of the molecule is C=CPC1CO1. The van der Waals surface area contributed by atoms with Gasteiger partial charge in [-0.1, -0.05) is 21.0 Å². The third-order valence-corrected chi connectivity index (χ3v) is 1.58. The second-order valence-electron chi connectivity index (χ2n) is 1.19. The van der Waals surface area contributed by atoms with Crippen LogP contribution in [0.25, 0.3) is 0 Å². The van der Waals surface area contributed by atoms with Gasteiger partial charge in [-0.2, -0.15) is 0 Å². The highest BCUT2D eigenvalue weighted by atomic mass is 31.1. The summed E-state index contributed by atoms with van der Waals surface area (Å²) >= 11 is 0. The molecule has 1 aliphatic heterocycles. The maximum Gasteiger partial charge on any atom is 0.101 e. The van der Waals surface area contributed by atoms with E-state index in [1.807, 2.05) is 5.82 Å². The van der Waals surface area contributed by atoms with Crippen molar-refractivity contribution in [3.8, 4) is 0 Å². The Morgan fingerprint density at radius 2 is 2.67 bits per heavy atom. The first kappa shape index (κ1) is 4.29. The maximum atomic E-state index is 4.89. The van der Waals surface area contributed by atoms with Gasteiger partial charge in [0.15, 0.2) is 0 Å². The molecule has 0 aromatic carbocycles. The van der Waals surface area contributed by atoms with E-state index in [2.05, 4.69) is 6.58 Å². The Morgan fingerprint density at radius 3 is 2.83 bits per heavy atom. The molecular weight excluding hydrogens is 95.0 g/mol. The first-order valence-corrected chi connectivity index (χ1v) is 3.07. The van der Waals surface area contributed by atoms with Gasteiger partial charge in [0.25, 0.3) is 0 Å². The minimum atomic E-state index is 0.558. The molecule has 0 spiro atoms. The molecule has 1 saturated heterocycles. The van der Waals surface area contributed by atoms with Crippen LogP contribution >= 0.6 is 8.58 Å². The smallest absolute Gasteiger partial charge is 0.101 e. The summed E-state index contributed by atoms with van der Waals surface area (Å²) in [4.78, 5) is 0. The Balaban J connectivity index is 2.00. The van der Waals surface area contributed by atoms with Crippen molar-refractivity contribution in [3.63, 3.8) is 0 Å². The van der Waals surface area contributed by atoms with E-state index in [0.717, 1.165) is 15.2 Å². The monoisotopic (exact) mass is 102 g/mol. The third kappa shape index (κ3) is 1.08. The number of hydrogen-bond donors (Lipinski definition) is 0. The Morgan fingerprint density at radius 1 is 2.00 bits per heavy atom. The minimum absolute atomic E-state index is 0.558. The van der Waals surface area contributed by atoms with Gasteiger partial charge in [-0.05, 0) is 0 Å². The molecule has 0 N–H and O–H groups in total. The molecule has 0 amide bonds. The molecule has 2 unspecified atom stereocenters. The van der Waals surface area contributed by atoms with E-state index in [1.54, 1.807) is 0 Å². The molecular formula is C4H7OP. The van der Waals surface area contributed by atoms with Crippen LogP contribution in [-0.4, -0.2) is 12.5 Å². The summed E-state index contributed by atoms with van der Waals surface area (Å²) in [5.74, 6) is 2.47. The van der Waals surface area contributed by atoms with Crippen LogP contribution in [0.2, 0.25) is 0 Å². The average molecular weight is 102 g/mol. The van der Waals surface area contributed by atoms with Crippen LogP contribution in [0, 0.1) is 0 Å². The Labute approximate surface area is 39.2 Å². The molecule has 1 heterocycles. The largest absolute Gasteiger partial charge is 0.368 e. The van der Waals surface area contributed by atoms with Crippen LogP contribution < -0.4 is 0 Å². The van der Waals surface area contributed by atoms with Gasteiger partial charge in [-0.3, -0.25) is 0 Å². The molecule has 6 heavy (non-hydrogen) atoms. The number of epoxide rings is 1. The Hall–Kier alpha value is 0.130. The highest BCUT2D eigenvalue weighted by Gasteiger charge is 2.19. The van der Waals surface area contributed by atoms with Crippen molar-refractivity contribution >= 4 is 8.58 Å². The highest BCUT2D eigenvalue weighted by molar-refractivity contribution is 7.42. The zero-order valence-electron chi connectivity index (χ0n) is 3.48. The van der Waals surface area contributed by atoms with Crippen LogP contribution in [0.5, 0.6) is 0 Å². The van der Waals surface area contributed by atoms with Crippen LogP contribution in [0.15, 0.2) is 12.4 Å². The quantitative estimate of drug-likeness (QED) is 0.376. The summed E-state index contributed by atoms with van der Waals surface area (Å²) < 4.78 is 4.89. The van der Waals surface area contributed by atoms with Crippen LogP contribution in [0.4, 0.5) is 0 Å². The molecule has 1 rings (SSSR count). The van der Waals surface area contributed by atoms with Crippen molar-refractivity contribution < 1.29 is 4.74 Å². The van der Waals surface area contributed by atoms with E-state index in [1.165, 1.54) is 0 Å². The molecule has 0 aliphatic carbocycles. The van der Waals surface area contributed by atoms with Crippen LogP contribution in [0.3, 0.4) is 0 Å². The first-order valence-electron chi connectivity index (χ1n) is 1.92. The van der Waals surface area contributed by atoms with E-state index in [0.29, 0.717) is 5.85 Å². The third-order valence-electron chi connectivity index (χ3n) is 0.637. The number of hydrogen-bond acceptors (Lipinski definition) is 1. The first-order chi connectivity index (χ1) is 2.93. The number of ether oxygens (including phenoxy) is 1. The van der Waals surface area contributed by atoms with Crippen molar-refractivity contribution in [3.05, 3.63) is 12.4 Å². The summed E-state index contributed by atoms with van der Waals surface area (Å²) in [5, 5.41) is 0. The zero-order chi connectivity index (χ0) is 4.41. The van der Waals surface area contributed by atoms with E-state index in [9.17, 15) is 0 Å². The van der Waals surface area contributed by atoms with Crippen molar-refractivity contribution in [1.82, 2.24) is 0 Å². The lowest BCUT2D eigenvalue weighted by molar-refractivity contribution is 0.459. The number of rotatable bonds is 2. The Bertz CT molecular complexity index is 58.6. The lowest BCUT2D eigenvalue weighted by Gasteiger charge is -1.74. The van der Waals surface area contributed by atoms with Gasteiger partial charge in [0.2, 0.25) is 0 Å². The second-order valence-corrected chi connectivity index (χ2v) is 2.58. The van der Waals surface area contributed by atoms with E-state index in [4.69, 9.17) is 4.74 Å². The topological polar surface area (TPSA) is 12.5 Å². The van der Waals surface area contributed by atoms with Gasteiger partial charge in [-0.15, -0.1) is 0 Å². The van der Waals surface area contributed by atoms with E-state index < -0.39 is 0 Å². The molecule has 1 nitrogen and oxygen atoms in total. The highest BCUT2D eigenvalue weighted by Crippen LogP contribution is 2.30. The van der Waals surface area contributed by atoms with Crippen LogP contribution in [0.1, 0.15) is 0 Å². The molecule has 0 saturated carbocycles. The predicted molar refractivity (Wildman–Crippen MR) is 28.3 cm³/mol. The van der Waals surface area contributed by atoms with Crippen molar-refractivity contribution in [2.45, 2.75) is 5.85 Å². The fourth-order valence-electron chi connectivity index (χ4n) is 0.276. The molecule has 0 aromatic rings. The average Bonchev–Trinajstić information content (AvgIpc) is 2.21. The van der Waals surface area contributed by atoms with Gasteiger partial charge in [0.05, 0.1) is 6.61 Å². The summed E-state index contributed by atoms with van der Waals surface area (Å²) in [7, 11) is 0.824. The van der Waals surface area contributed by atoms with Gasteiger partial charge in [0.1, 0.15) is 5.85 Å². The molecule has 2 atom stereocenters. The van der Waals surface area contributed by atoms with Gasteiger partial charge >= 0.3 is 0 Å². The zero-order valence-corrected chi connectivity index (χ0v) is 4.48. The molecule has 2 heteroatoms. The van der Waals surface area contributed by atoms with Crippen molar-refractivity contribution in [1.29, 1.82) is 0 Å². The molecule has 0 radical (unpaired) electrons.